The zero-order valence-electron chi connectivity index (χ0n) is 11.1. The highest BCUT2D eigenvalue weighted by Crippen LogP contribution is 2.25. The van der Waals surface area contributed by atoms with E-state index in [1.54, 1.807) is 11.3 Å². The largest absolute Gasteiger partial charge is 0.480 e. The molecule has 21 heavy (non-hydrogen) atoms. The predicted molar refractivity (Wildman–Crippen MR) is 80.6 cm³/mol. The van der Waals surface area contributed by atoms with E-state index in [1.165, 1.54) is 11.3 Å². The van der Waals surface area contributed by atoms with E-state index in [2.05, 4.69) is 10.3 Å². The molecular weight excluding hydrogens is 312 g/mol. The van der Waals surface area contributed by atoms with Crippen molar-refractivity contribution in [2.45, 2.75) is 6.42 Å². The summed E-state index contributed by atoms with van der Waals surface area (Å²) in [6.45, 7) is 0.106. The van der Waals surface area contributed by atoms with E-state index >= 15 is 0 Å². The Hall–Kier alpha value is -1.77. The quantitative estimate of drug-likeness (QED) is 0.720. The number of aliphatic carboxylic acids is 1. The monoisotopic (exact) mass is 326 g/mol. The summed E-state index contributed by atoms with van der Waals surface area (Å²) in [7, 11) is 0. The van der Waals surface area contributed by atoms with Gasteiger partial charge in [-0.05, 0) is 11.4 Å². The van der Waals surface area contributed by atoms with Crippen LogP contribution >= 0.6 is 22.7 Å². The molecule has 2 heterocycles. The molecule has 0 bridgehead atoms. The maximum atomic E-state index is 11.7. The second-order valence-electron chi connectivity index (χ2n) is 4.13. The molecule has 0 aliphatic heterocycles. The van der Waals surface area contributed by atoms with Gasteiger partial charge in [0.1, 0.15) is 11.6 Å². The van der Waals surface area contributed by atoms with Gasteiger partial charge in [-0.3, -0.25) is 4.79 Å². The number of nitrogens with one attached hydrogen (secondary N) is 1. The van der Waals surface area contributed by atoms with Crippen LogP contribution in [0.3, 0.4) is 0 Å². The first kappa shape index (κ1) is 15.6. The highest BCUT2D eigenvalue weighted by atomic mass is 32.1. The smallest absolute Gasteiger partial charge is 0.329 e. The molecule has 0 unspecified atom stereocenters. The summed E-state index contributed by atoms with van der Waals surface area (Å²) in [4.78, 5) is 26.3. The molecule has 2 N–H and O–H groups in total. The number of hydrogen-bond donors (Lipinski definition) is 2. The molecule has 112 valence electrons. The molecular formula is C13H14N2O4S2. The van der Waals surface area contributed by atoms with Crippen LogP contribution in [0.15, 0.2) is 22.2 Å². The molecule has 0 aliphatic carbocycles. The zero-order chi connectivity index (χ0) is 15.1. The Morgan fingerprint density at radius 3 is 2.95 bits per heavy atom. The number of carbonyl (C=O) groups is 2. The van der Waals surface area contributed by atoms with Gasteiger partial charge in [0.05, 0.1) is 18.7 Å². The van der Waals surface area contributed by atoms with Crippen molar-refractivity contribution < 1.29 is 19.4 Å². The minimum Gasteiger partial charge on any atom is -0.480 e. The molecule has 0 atom stereocenters. The summed E-state index contributed by atoms with van der Waals surface area (Å²) in [5.41, 5.74) is 1.80. The van der Waals surface area contributed by atoms with Crippen LogP contribution in [0.5, 0.6) is 0 Å². The minimum atomic E-state index is -1.02. The standard InChI is InChI=1S/C13H14N2O4S2/c16-11(14-2-3-19-6-12(17)18)5-10-8-21-13(15-10)9-1-4-20-7-9/h1,4,7-8H,2-3,5-6H2,(H,14,16)(H,17,18). The van der Waals surface area contributed by atoms with Gasteiger partial charge in [-0.25, -0.2) is 9.78 Å². The summed E-state index contributed by atoms with van der Waals surface area (Å²) in [6.07, 6.45) is 0.208. The van der Waals surface area contributed by atoms with Crippen molar-refractivity contribution in [3.8, 4) is 10.6 Å². The van der Waals surface area contributed by atoms with Crippen LogP contribution in [0.1, 0.15) is 5.69 Å². The van der Waals surface area contributed by atoms with Gasteiger partial charge >= 0.3 is 5.97 Å². The number of nitrogens with zero attached hydrogens (tertiary/aromatic N) is 1. The van der Waals surface area contributed by atoms with Crippen LogP contribution in [0.4, 0.5) is 0 Å². The van der Waals surface area contributed by atoms with Gasteiger partial charge in [-0.2, -0.15) is 11.3 Å². The van der Waals surface area contributed by atoms with E-state index in [4.69, 9.17) is 9.84 Å². The number of carboxylic acids is 1. The van der Waals surface area contributed by atoms with E-state index in [-0.39, 0.29) is 32.1 Å². The summed E-state index contributed by atoms with van der Waals surface area (Å²) in [5, 5.41) is 17.8. The molecule has 0 radical (unpaired) electrons. The van der Waals surface area contributed by atoms with Crippen molar-refractivity contribution in [2.75, 3.05) is 19.8 Å². The Balaban J connectivity index is 1.72. The molecule has 0 saturated carbocycles. The molecule has 2 aromatic rings. The number of carbonyl (C=O) groups excluding carboxylic acids is 1. The van der Waals surface area contributed by atoms with Gasteiger partial charge in [0.2, 0.25) is 5.91 Å². The molecule has 2 aromatic heterocycles. The third-order valence-corrected chi connectivity index (χ3v) is 4.08. The van der Waals surface area contributed by atoms with Gasteiger partial charge in [0.15, 0.2) is 0 Å². The first-order chi connectivity index (χ1) is 10.1. The summed E-state index contributed by atoms with van der Waals surface area (Å²) < 4.78 is 4.82. The fourth-order valence-corrected chi connectivity index (χ4v) is 3.09. The Morgan fingerprint density at radius 2 is 2.24 bits per heavy atom. The number of ether oxygens (including phenoxy) is 1. The Kier molecular flexibility index (Phi) is 5.85. The molecule has 0 aliphatic rings. The number of rotatable bonds is 8. The topological polar surface area (TPSA) is 88.5 Å². The fraction of sp³-hybridized carbons (Fsp3) is 0.308. The van der Waals surface area contributed by atoms with Crippen molar-refractivity contribution in [2.24, 2.45) is 0 Å². The Morgan fingerprint density at radius 1 is 1.38 bits per heavy atom. The first-order valence-electron chi connectivity index (χ1n) is 6.18. The maximum Gasteiger partial charge on any atom is 0.329 e. The zero-order valence-corrected chi connectivity index (χ0v) is 12.7. The lowest BCUT2D eigenvalue weighted by Crippen LogP contribution is -2.29. The van der Waals surface area contributed by atoms with E-state index < -0.39 is 5.97 Å². The van der Waals surface area contributed by atoms with Gasteiger partial charge in [-0.1, -0.05) is 0 Å². The Labute approximate surface area is 129 Å². The van der Waals surface area contributed by atoms with Crippen molar-refractivity contribution in [1.29, 1.82) is 0 Å². The second kappa shape index (κ2) is 7.87. The molecule has 0 spiro atoms. The third kappa shape index (κ3) is 5.25. The number of thiophene rings is 1. The molecule has 1 amide bonds. The molecule has 0 aromatic carbocycles. The van der Waals surface area contributed by atoms with Gasteiger partial charge in [0.25, 0.3) is 0 Å². The fourth-order valence-electron chi connectivity index (χ4n) is 1.56. The Bertz CT molecular complexity index is 595. The summed E-state index contributed by atoms with van der Waals surface area (Å²) >= 11 is 3.12. The van der Waals surface area contributed by atoms with E-state index in [0.717, 1.165) is 16.3 Å². The third-order valence-electron chi connectivity index (χ3n) is 2.46. The highest BCUT2D eigenvalue weighted by Gasteiger charge is 2.09. The van der Waals surface area contributed by atoms with Crippen LogP contribution in [0, 0.1) is 0 Å². The summed E-state index contributed by atoms with van der Waals surface area (Å²) in [5.74, 6) is -1.18. The average molecular weight is 326 g/mol. The molecule has 8 heteroatoms. The normalized spacial score (nSPS) is 10.5. The predicted octanol–water partition coefficient (Wildman–Crippen LogP) is 1.63. The van der Waals surface area contributed by atoms with Crippen molar-refractivity contribution in [3.63, 3.8) is 0 Å². The average Bonchev–Trinajstić information content (AvgIpc) is 3.08. The molecule has 6 nitrogen and oxygen atoms in total. The van der Waals surface area contributed by atoms with Gasteiger partial charge in [-0.15, -0.1) is 11.3 Å². The lowest BCUT2D eigenvalue weighted by molar-refractivity contribution is -0.142. The van der Waals surface area contributed by atoms with Crippen molar-refractivity contribution >= 4 is 34.6 Å². The number of carboxylic acid groups (broad SMARTS) is 1. The lowest BCUT2D eigenvalue weighted by Gasteiger charge is -2.03. The van der Waals surface area contributed by atoms with Gasteiger partial charge < -0.3 is 15.2 Å². The second-order valence-corrected chi connectivity index (χ2v) is 5.77. The molecule has 2 rings (SSSR count). The van der Waals surface area contributed by atoms with Crippen LogP contribution in [0.25, 0.3) is 10.6 Å². The van der Waals surface area contributed by atoms with Crippen molar-refractivity contribution in [3.05, 3.63) is 27.9 Å². The van der Waals surface area contributed by atoms with Crippen LogP contribution in [-0.2, 0) is 20.7 Å². The van der Waals surface area contributed by atoms with Crippen LogP contribution in [-0.4, -0.2) is 41.7 Å². The van der Waals surface area contributed by atoms with Gasteiger partial charge in [0, 0.05) is 22.9 Å². The van der Waals surface area contributed by atoms with E-state index in [0.29, 0.717) is 0 Å². The maximum absolute atomic E-state index is 11.7. The van der Waals surface area contributed by atoms with Crippen molar-refractivity contribution in [1.82, 2.24) is 10.3 Å². The number of hydrogen-bond acceptors (Lipinski definition) is 6. The van der Waals surface area contributed by atoms with E-state index in [9.17, 15) is 9.59 Å². The van der Waals surface area contributed by atoms with Crippen LogP contribution in [0.2, 0.25) is 0 Å². The molecule has 0 fully saturated rings. The summed E-state index contributed by atoms with van der Waals surface area (Å²) in [6, 6.07) is 1.99. The van der Waals surface area contributed by atoms with Crippen LogP contribution < -0.4 is 5.32 Å². The molecule has 0 saturated heterocycles. The SMILES string of the molecule is O=C(O)COCCNC(=O)Cc1csc(-c2ccsc2)n1. The number of amides is 1. The number of aromatic nitrogens is 1. The minimum absolute atomic E-state index is 0.156. The van der Waals surface area contributed by atoms with E-state index in [1.807, 2.05) is 22.2 Å². The first-order valence-corrected chi connectivity index (χ1v) is 8.00. The highest BCUT2D eigenvalue weighted by molar-refractivity contribution is 7.14. The number of thiazole rings is 1. The lowest BCUT2D eigenvalue weighted by atomic mass is 10.3.